The van der Waals surface area contributed by atoms with Gasteiger partial charge in [-0.25, -0.2) is 9.78 Å². The maximum atomic E-state index is 10.4. The van der Waals surface area contributed by atoms with E-state index in [0.717, 1.165) is 36.1 Å². The van der Waals surface area contributed by atoms with Crippen molar-refractivity contribution >= 4 is 17.9 Å². The molecule has 21 heavy (non-hydrogen) atoms. The molecule has 0 atom stereocenters. The van der Waals surface area contributed by atoms with E-state index in [4.69, 9.17) is 5.11 Å². The Hall–Kier alpha value is -2.69. The summed E-state index contributed by atoms with van der Waals surface area (Å²) in [4.78, 5) is 21.1. The van der Waals surface area contributed by atoms with Crippen LogP contribution >= 0.6 is 0 Å². The van der Waals surface area contributed by atoms with E-state index in [1.165, 1.54) is 6.08 Å². The zero-order valence-electron chi connectivity index (χ0n) is 11.8. The standard InChI is InChI=1S/C16H17N3O2/c1-19(11-9-14-4-2-3-10-17-14)15-7-5-13(12-18-15)6-8-16(20)21/h2-8,10,12H,9,11H2,1H3,(H,20,21)/b8-6+. The van der Waals surface area contributed by atoms with Crippen LogP contribution in [0.25, 0.3) is 6.08 Å². The number of pyridine rings is 2. The van der Waals surface area contributed by atoms with E-state index in [2.05, 4.69) is 9.97 Å². The summed E-state index contributed by atoms with van der Waals surface area (Å²) < 4.78 is 0. The van der Waals surface area contributed by atoms with Crippen LogP contribution in [-0.2, 0) is 11.2 Å². The Morgan fingerprint density at radius 2 is 2.14 bits per heavy atom. The predicted molar refractivity (Wildman–Crippen MR) is 82.1 cm³/mol. The highest BCUT2D eigenvalue weighted by Gasteiger charge is 2.03. The molecule has 108 valence electrons. The van der Waals surface area contributed by atoms with Crippen molar-refractivity contribution in [3.8, 4) is 0 Å². The van der Waals surface area contributed by atoms with E-state index in [9.17, 15) is 4.79 Å². The van der Waals surface area contributed by atoms with Gasteiger partial charge >= 0.3 is 5.97 Å². The highest BCUT2D eigenvalue weighted by Crippen LogP contribution is 2.11. The summed E-state index contributed by atoms with van der Waals surface area (Å²) in [6.45, 7) is 0.814. The number of carboxylic acid groups (broad SMARTS) is 1. The van der Waals surface area contributed by atoms with Crippen LogP contribution in [0.4, 0.5) is 5.82 Å². The Labute approximate surface area is 123 Å². The van der Waals surface area contributed by atoms with Gasteiger partial charge in [0.1, 0.15) is 5.82 Å². The fraction of sp³-hybridized carbons (Fsp3) is 0.188. The van der Waals surface area contributed by atoms with E-state index in [0.29, 0.717) is 0 Å². The lowest BCUT2D eigenvalue weighted by atomic mass is 10.2. The molecule has 0 fully saturated rings. The van der Waals surface area contributed by atoms with E-state index >= 15 is 0 Å². The average molecular weight is 283 g/mol. The van der Waals surface area contributed by atoms with Gasteiger partial charge in [0.05, 0.1) is 0 Å². The van der Waals surface area contributed by atoms with Gasteiger partial charge in [0.2, 0.25) is 0 Å². The second-order valence-corrected chi connectivity index (χ2v) is 4.61. The SMILES string of the molecule is CN(CCc1ccccn1)c1ccc(/C=C/C(=O)O)cn1. The van der Waals surface area contributed by atoms with Crippen molar-refractivity contribution in [2.45, 2.75) is 6.42 Å². The lowest BCUT2D eigenvalue weighted by Crippen LogP contribution is -2.21. The molecule has 0 amide bonds. The topological polar surface area (TPSA) is 66.3 Å². The van der Waals surface area contributed by atoms with Crippen molar-refractivity contribution in [1.82, 2.24) is 9.97 Å². The number of nitrogens with zero attached hydrogens (tertiary/aromatic N) is 3. The van der Waals surface area contributed by atoms with Crippen molar-refractivity contribution < 1.29 is 9.90 Å². The molecule has 0 bridgehead atoms. The molecule has 0 aliphatic rings. The largest absolute Gasteiger partial charge is 0.478 e. The van der Waals surface area contributed by atoms with Crippen LogP contribution in [0.5, 0.6) is 0 Å². The number of hydrogen-bond donors (Lipinski definition) is 1. The molecule has 5 nitrogen and oxygen atoms in total. The molecular formula is C16H17N3O2. The van der Waals surface area contributed by atoms with Gasteiger partial charge in [0.15, 0.2) is 0 Å². The molecule has 0 unspecified atom stereocenters. The summed E-state index contributed by atoms with van der Waals surface area (Å²) in [6, 6.07) is 9.60. The van der Waals surface area contributed by atoms with Crippen LogP contribution in [0, 0.1) is 0 Å². The van der Waals surface area contributed by atoms with E-state index in [1.54, 1.807) is 12.4 Å². The van der Waals surface area contributed by atoms with Gasteiger partial charge in [-0.1, -0.05) is 6.07 Å². The molecule has 2 heterocycles. The number of anilines is 1. The molecule has 2 rings (SSSR count). The highest BCUT2D eigenvalue weighted by molar-refractivity contribution is 5.85. The lowest BCUT2D eigenvalue weighted by molar-refractivity contribution is -0.131. The molecule has 0 aliphatic heterocycles. The zero-order chi connectivity index (χ0) is 15.1. The molecule has 0 radical (unpaired) electrons. The average Bonchev–Trinajstić information content (AvgIpc) is 2.52. The molecule has 0 spiro atoms. The zero-order valence-corrected chi connectivity index (χ0v) is 11.8. The van der Waals surface area contributed by atoms with E-state index in [-0.39, 0.29) is 0 Å². The third-order valence-electron chi connectivity index (χ3n) is 3.01. The van der Waals surface area contributed by atoms with Crippen LogP contribution in [0.3, 0.4) is 0 Å². The minimum Gasteiger partial charge on any atom is -0.478 e. The first-order valence-electron chi connectivity index (χ1n) is 6.63. The molecular weight excluding hydrogens is 266 g/mol. The van der Waals surface area contributed by atoms with Crippen molar-refractivity contribution in [3.63, 3.8) is 0 Å². The number of aliphatic carboxylic acids is 1. The van der Waals surface area contributed by atoms with Crippen LogP contribution in [0.2, 0.25) is 0 Å². The second kappa shape index (κ2) is 7.19. The molecule has 0 saturated heterocycles. The third-order valence-corrected chi connectivity index (χ3v) is 3.01. The second-order valence-electron chi connectivity index (χ2n) is 4.61. The fourth-order valence-electron chi connectivity index (χ4n) is 1.83. The molecule has 0 aliphatic carbocycles. The number of carbonyl (C=O) groups is 1. The summed E-state index contributed by atoms with van der Waals surface area (Å²) in [5.74, 6) is -0.120. The van der Waals surface area contributed by atoms with Crippen LogP contribution < -0.4 is 4.90 Å². The van der Waals surface area contributed by atoms with Crippen molar-refractivity contribution in [2.75, 3.05) is 18.5 Å². The van der Waals surface area contributed by atoms with E-state index < -0.39 is 5.97 Å². The summed E-state index contributed by atoms with van der Waals surface area (Å²) in [7, 11) is 1.97. The molecule has 2 aromatic rings. The first-order chi connectivity index (χ1) is 10.1. The molecule has 0 aromatic carbocycles. The summed E-state index contributed by atoms with van der Waals surface area (Å²) in [5.41, 5.74) is 1.81. The number of hydrogen-bond acceptors (Lipinski definition) is 4. The van der Waals surface area contributed by atoms with Crippen LogP contribution in [0.1, 0.15) is 11.3 Å². The summed E-state index contributed by atoms with van der Waals surface area (Å²) >= 11 is 0. The van der Waals surface area contributed by atoms with Crippen molar-refractivity contribution in [3.05, 3.63) is 60.1 Å². The Morgan fingerprint density at radius 1 is 1.29 bits per heavy atom. The number of rotatable bonds is 6. The van der Waals surface area contributed by atoms with Crippen LogP contribution in [-0.4, -0.2) is 34.6 Å². The Morgan fingerprint density at radius 3 is 2.76 bits per heavy atom. The van der Waals surface area contributed by atoms with E-state index in [1.807, 2.05) is 42.3 Å². The highest BCUT2D eigenvalue weighted by atomic mass is 16.4. The number of carboxylic acids is 1. The Balaban J connectivity index is 1.93. The van der Waals surface area contributed by atoms with Crippen molar-refractivity contribution in [1.29, 1.82) is 0 Å². The van der Waals surface area contributed by atoms with Gasteiger partial charge < -0.3 is 10.0 Å². The summed E-state index contributed by atoms with van der Waals surface area (Å²) in [6.07, 6.45) is 6.91. The van der Waals surface area contributed by atoms with Gasteiger partial charge in [0.25, 0.3) is 0 Å². The van der Waals surface area contributed by atoms with Gasteiger partial charge in [-0.2, -0.15) is 0 Å². The number of aromatic nitrogens is 2. The van der Waals surface area contributed by atoms with Crippen LogP contribution in [0.15, 0.2) is 48.8 Å². The molecule has 0 saturated carbocycles. The van der Waals surface area contributed by atoms with Gasteiger partial charge in [-0.15, -0.1) is 0 Å². The minimum absolute atomic E-state index is 0.763. The first-order valence-corrected chi connectivity index (χ1v) is 6.63. The molecule has 2 aromatic heterocycles. The van der Waals surface area contributed by atoms with Gasteiger partial charge in [-0.05, 0) is 35.9 Å². The number of likely N-dealkylation sites (N-methyl/N-ethyl adjacent to an activating group) is 1. The quantitative estimate of drug-likeness (QED) is 0.824. The smallest absolute Gasteiger partial charge is 0.328 e. The maximum Gasteiger partial charge on any atom is 0.328 e. The molecule has 1 N–H and O–H groups in total. The Bertz CT molecular complexity index is 609. The van der Waals surface area contributed by atoms with Crippen molar-refractivity contribution in [2.24, 2.45) is 0 Å². The fourth-order valence-corrected chi connectivity index (χ4v) is 1.83. The monoisotopic (exact) mass is 283 g/mol. The normalized spacial score (nSPS) is 10.7. The minimum atomic E-state index is -0.966. The first kappa shape index (κ1) is 14.7. The van der Waals surface area contributed by atoms with Gasteiger partial charge in [0, 0.05) is 44.2 Å². The summed E-state index contributed by atoms with van der Waals surface area (Å²) in [5, 5.41) is 8.57. The lowest BCUT2D eigenvalue weighted by Gasteiger charge is -2.17. The predicted octanol–water partition coefficient (Wildman–Crippen LogP) is 2.25. The van der Waals surface area contributed by atoms with Gasteiger partial charge in [-0.3, -0.25) is 4.98 Å². The Kier molecular flexibility index (Phi) is 5.04. The molecule has 5 heteroatoms. The maximum absolute atomic E-state index is 10.4. The third kappa shape index (κ3) is 4.72.